The van der Waals surface area contributed by atoms with Crippen LogP contribution in [0.2, 0.25) is 0 Å². The lowest BCUT2D eigenvalue weighted by Gasteiger charge is -2.33. The number of imide groups is 1. The van der Waals surface area contributed by atoms with Gasteiger partial charge in [0.1, 0.15) is 11.6 Å². The Morgan fingerprint density at radius 3 is 2.46 bits per heavy atom. The molecule has 2 rings (SSSR count). The fourth-order valence-corrected chi connectivity index (χ4v) is 3.60. The summed E-state index contributed by atoms with van der Waals surface area (Å²) in [5.74, 6) is -2.83. The van der Waals surface area contributed by atoms with Crippen molar-refractivity contribution in [3.8, 4) is 0 Å². The Kier molecular flexibility index (Phi) is 7.50. The second kappa shape index (κ2) is 9.62. The van der Waals surface area contributed by atoms with Gasteiger partial charge in [-0.1, -0.05) is 13.3 Å². The van der Waals surface area contributed by atoms with E-state index in [0.717, 1.165) is 19.3 Å². The number of nitrogens with one attached hydrogen (secondary N) is 1. The van der Waals surface area contributed by atoms with Crippen molar-refractivity contribution in [2.24, 2.45) is 5.92 Å². The first-order chi connectivity index (χ1) is 12.5. The van der Waals surface area contributed by atoms with Crippen molar-refractivity contribution in [1.29, 1.82) is 0 Å². The highest BCUT2D eigenvalue weighted by Gasteiger charge is 2.28. The summed E-state index contributed by atoms with van der Waals surface area (Å²) in [6.45, 7) is 3.31. The maximum atomic E-state index is 14.7. The van der Waals surface area contributed by atoms with Crippen molar-refractivity contribution in [3.05, 3.63) is 29.3 Å². The molecular weight excluding hydrogens is 342 g/mol. The number of halogens is 2. The van der Waals surface area contributed by atoms with Gasteiger partial charge in [0.15, 0.2) is 0 Å². The Balaban J connectivity index is 2.21. The monoisotopic (exact) mass is 368 g/mol. The molecule has 0 bridgehead atoms. The number of carbonyl (C=O) groups is 2. The molecule has 0 aliphatic carbocycles. The SMILES string of the molecule is CCCC(C(=O)NC=O)c1c(F)cc(N2CCC(CCO)CC2)cc1F. The Hall–Kier alpha value is -2.02. The van der Waals surface area contributed by atoms with E-state index in [-0.39, 0.29) is 25.0 Å². The maximum Gasteiger partial charge on any atom is 0.234 e. The number of carbonyl (C=O) groups excluding carboxylic acids is 2. The molecule has 1 heterocycles. The third kappa shape index (κ3) is 4.78. The third-order valence-electron chi connectivity index (χ3n) is 5.02. The number of benzene rings is 1. The van der Waals surface area contributed by atoms with Gasteiger partial charge in [-0.25, -0.2) is 8.78 Å². The van der Waals surface area contributed by atoms with E-state index in [4.69, 9.17) is 5.11 Å². The molecule has 1 saturated heterocycles. The van der Waals surface area contributed by atoms with Crippen LogP contribution in [0.15, 0.2) is 12.1 Å². The average Bonchev–Trinajstić information content (AvgIpc) is 2.61. The molecule has 2 N–H and O–H groups in total. The highest BCUT2D eigenvalue weighted by molar-refractivity contribution is 5.91. The second-order valence-corrected chi connectivity index (χ2v) is 6.73. The summed E-state index contributed by atoms with van der Waals surface area (Å²) in [5.41, 5.74) is 0.169. The highest BCUT2D eigenvalue weighted by Crippen LogP contribution is 2.32. The summed E-state index contributed by atoms with van der Waals surface area (Å²) < 4.78 is 29.3. The number of hydrogen-bond acceptors (Lipinski definition) is 4. The molecule has 0 radical (unpaired) electrons. The van der Waals surface area contributed by atoms with E-state index in [1.165, 1.54) is 12.1 Å². The van der Waals surface area contributed by atoms with Crippen LogP contribution in [0.4, 0.5) is 14.5 Å². The fourth-order valence-electron chi connectivity index (χ4n) is 3.60. The topological polar surface area (TPSA) is 69.6 Å². The Morgan fingerprint density at radius 1 is 1.35 bits per heavy atom. The van der Waals surface area contributed by atoms with Gasteiger partial charge in [-0.05, 0) is 43.7 Å². The van der Waals surface area contributed by atoms with Crippen LogP contribution >= 0.6 is 0 Å². The minimum atomic E-state index is -1.03. The van der Waals surface area contributed by atoms with Crippen LogP contribution in [0.25, 0.3) is 0 Å². The van der Waals surface area contributed by atoms with Crippen molar-refractivity contribution in [1.82, 2.24) is 5.32 Å². The van der Waals surface area contributed by atoms with Crippen LogP contribution in [-0.2, 0) is 9.59 Å². The van der Waals surface area contributed by atoms with E-state index in [9.17, 15) is 18.4 Å². The number of rotatable bonds is 8. The van der Waals surface area contributed by atoms with Crippen LogP contribution in [0.3, 0.4) is 0 Å². The van der Waals surface area contributed by atoms with Crippen LogP contribution in [0.1, 0.15) is 50.5 Å². The first kappa shape index (κ1) is 20.3. The molecule has 1 aliphatic heterocycles. The van der Waals surface area contributed by atoms with E-state index < -0.39 is 23.5 Å². The molecule has 7 heteroatoms. The predicted octanol–water partition coefficient (Wildman–Crippen LogP) is 2.72. The Morgan fingerprint density at radius 2 is 1.96 bits per heavy atom. The van der Waals surface area contributed by atoms with Gasteiger partial charge in [0.2, 0.25) is 12.3 Å². The van der Waals surface area contributed by atoms with Gasteiger partial charge in [0.05, 0.1) is 5.92 Å². The van der Waals surface area contributed by atoms with Crippen molar-refractivity contribution in [2.75, 3.05) is 24.6 Å². The normalized spacial score (nSPS) is 16.4. The minimum absolute atomic E-state index is 0.157. The first-order valence-corrected chi connectivity index (χ1v) is 9.10. The van der Waals surface area contributed by atoms with Gasteiger partial charge in [-0.15, -0.1) is 0 Å². The molecule has 0 aromatic heterocycles. The van der Waals surface area contributed by atoms with Gasteiger partial charge in [0.25, 0.3) is 0 Å². The molecule has 144 valence electrons. The predicted molar refractivity (Wildman–Crippen MR) is 94.9 cm³/mol. The molecule has 26 heavy (non-hydrogen) atoms. The van der Waals surface area contributed by atoms with Gasteiger partial charge in [-0.2, -0.15) is 0 Å². The maximum absolute atomic E-state index is 14.7. The van der Waals surface area contributed by atoms with Crippen molar-refractivity contribution >= 4 is 18.0 Å². The van der Waals surface area contributed by atoms with Crippen LogP contribution < -0.4 is 10.2 Å². The average molecular weight is 368 g/mol. The molecule has 0 spiro atoms. The summed E-state index contributed by atoms with van der Waals surface area (Å²) >= 11 is 0. The van der Waals surface area contributed by atoms with Crippen LogP contribution in [0, 0.1) is 17.6 Å². The summed E-state index contributed by atoms with van der Waals surface area (Å²) in [4.78, 5) is 24.5. The number of hydrogen-bond donors (Lipinski definition) is 2. The summed E-state index contributed by atoms with van der Waals surface area (Å²) in [6.07, 6.45) is 3.51. The molecule has 1 fully saturated rings. The lowest BCUT2D eigenvalue weighted by Crippen LogP contribution is -2.34. The molecule has 1 aliphatic rings. The zero-order chi connectivity index (χ0) is 19.1. The van der Waals surface area contributed by atoms with Gasteiger partial charge >= 0.3 is 0 Å². The standard InChI is InChI=1S/C19H26F2N2O3/c1-2-3-15(19(26)22-12-25)18-16(20)10-14(11-17(18)21)23-7-4-13(5-8-23)6-9-24/h10-13,15,24H,2-9H2,1H3,(H,22,25,26). The molecule has 1 aromatic rings. The van der Waals surface area contributed by atoms with E-state index >= 15 is 0 Å². The minimum Gasteiger partial charge on any atom is -0.396 e. The summed E-state index contributed by atoms with van der Waals surface area (Å²) in [6, 6.07) is 2.53. The Labute approximate surface area is 152 Å². The van der Waals surface area contributed by atoms with E-state index in [1.807, 2.05) is 17.1 Å². The van der Waals surface area contributed by atoms with Gasteiger partial charge in [-0.3, -0.25) is 14.9 Å². The zero-order valence-electron chi connectivity index (χ0n) is 15.0. The van der Waals surface area contributed by atoms with Gasteiger partial charge < -0.3 is 10.0 Å². The molecule has 1 unspecified atom stereocenters. The lowest BCUT2D eigenvalue weighted by atomic mass is 9.91. The number of aliphatic hydroxyl groups excluding tert-OH is 1. The number of piperidine rings is 1. The molecule has 1 aromatic carbocycles. The highest BCUT2D eigenvalue weighted by atomic mass is 19.1. The summed E-state index contributed by atoms with van der Waals surface area (Å²) in [5, 5.41) is 11.0. The second-order valence-electron chi connectivity index (χ2n) is 6.73. The summed E-state index contributed by atoms with van der Waals surface area (Å²) in [7, 11) is 0. The first-order valence-electron chi connectivity index (χ1n) is 9.10. The zero-order valence-corrected chi connectivity index (χ0v) is 15.0. The Bertz CT molecular complexity index is 608. The molecular formula is C19H26F2N2O3. The fraction of sp³-hybridized carbons (Fsp3) is 0.579. The quantitative estimate of drug-likeness (QED) is 0.693. The smallest absolute Gasteiger partial charge is 0.234 e. The molecule has 2 amide bonds. The largest absolute Gasteiger partial charge is 0.396 e. The number of anilines is 1. The van der Waals surface area contributed by atoms with Crippen molar-refractivity contribution in [2.45, 2.75) is 44.9 Å². The number of amides is 2. The van der Waals surface area contributed by atoms with E-state index in [1.54, 1.807) is 0 Å². The van der Waals surface area contributed by atoms with Gasteiger partial charge in [0, 0.05) is 30.9 Å². The molecule has 1 atom stereocenters. The van der Waals surface area contributed by atoms with Crippen molar-refractivity contribution < 1.29 is 23.5 Å². The number of aliphatic hydroxyl groups is 1. The van der Waals surface area contributed by atoms with Crippen LogP contribution in [-0.4, -0.2) is 37.1 Å². The number of nitrogens with zero attached hydrogens (tertiary/aromatic N) is 1. The lowest BCUT2D eigenvalue weighted by molar-refractivity contribution is -0.126. The molecule has 0 saturated carbocycles. The van der Waals surface area contributed by atoms with Crippen molar-refractivity contribution in [3.63, 3.8) is 0 Å². The van der Waals surface area contributed by atoms with Crippen LogP contribution in [0.5, 0.6) is 0 Å². The van der Waals surface area contributed by atoms with E-state index in [2.05, 4.69) is 0 Å². The van der Waals surface area contributed by atoms with E-state index in [0.29, 0.717) is 31.1 Å². The third-order valence-corrected chi connectivity index (χ3v) is 5.02. The molecule has 5 nitrogen and oxygen atoms in total.